The maximum Gasteiger partial charge on any atom is 0.224 e. The first kappa shape index (κ1) is 17.3. The average molecular weight is 286 g/mol. The van der Waals surface area contributed by atoms with Crippen molar-refractivity contribution >= 4 is 11.6 Å². The zero-order chi connectivity index (χ0) is 15.3. The molecule has 0 unspecified atom stereocenters. The quantitative estimate of drug-likeness (QED) is 0.565. The summed E-state index contributed by atoms with van der Waals surface area (Å²) in [6, 6.07) is 7.57. The van der Waals surface area contributed by atoms with Crippen LogP contribution in [0.1, 0.15) is 57.4 Å². The van der Waals surface area contributed by atoms with Gasteiger partial charge in [0.15, 0.2) is 0 Å². The molecule has 3 N–H and O–H groups in total. The number of carbonyl (C=O) groups is 1. The minimum atomic E-state index is 0.0625. The second kappa shape index (κ2) is 10.9. The summed E-state index contributed by atoms with van der Waals surface area (Å²) >= 11 is 0. The molecule has 21 heavy (non-hydrogen) atoms. The standard InChI is InChI=1S/C18H26N2O/c1-2-3-4-5-6-7-14-18(21)20-17-13-9-8-11-16(17)12-10-15-19/h8-9,11,13H,2-7,14-15,19H2,1H3,(H,20,21). The van der Waals surface area contributed by atoms with Gasteiger partial charge in [-0.1, -0.05) is 63.0 Å². The van der Waals surface area contributed by atoms with Crippen molar-refractivity contribution in [2.24, 2.45) is 5.73 Å². The van der Waals surface area contributed by atoms with Crippen molar-refractivity contribution in [1.82, 2.24) is 0 Å². The molecule has 0 radical (unpaired) electrons. The number of anilines is 1. The first-order valence-corrected chi connectivity index (χ1v) is 7.85. The molecule has 1 rings (SSSR count). The first-order valence-electron chi connectivity index (χ1n) is 7.85. The summed E-state index contributed by atoms with van der Waals surface area (Å²) in [5, 5.41) is 2.94. The molecule has 0 atom stereocenters. The highest BCUT2D eigenvalue weighted by Crippen LogP contribution is 2.15. The third-order valence-electron chi connectivity index (χ3n) is 3.28. The number of carbonyl (C=O) groups excluding carboxylic acids is 1. The number of nitrogens with one attached hydrogen (secondary N) is 1. The van der Waals surface area contributed by atoms with E-state index in [1.54, 1.807) is 0 Å². The maximum atomic E-state index is 11.9. The molecular weight excluding hydrogens is 260 g/mol. The molecule has 0 heterocycles. The lowest BCUT2D eigenvalue weighted by atomic mass is 10.1. The molecule has 0 spiro atoms. The van der Waals surface area contributed by atoms with Gasteiger partial charge >= 0.3 is 0 Å². The fourth-order valence-corrected chi connectivity index (χ4v) is 2.13. The molecule has 0 aromatic heterocycles. The van der Waals surface area contributed by atoms with Crippen LogP contribution in [-0.4, -0.2) is 12.5 Å². The van der Waals surface area contributed by atoms with Crippen LogP contribution < -0.4 is 11.1 Å². The van der Waals surface area contributed by atoms with Crippen molar-refractivity contribution in [3.05, 3.63) is 29.8 Å². The number of nitrogens with two attached hydrogens (primary N) is 1. The largest absolute Gasteiger partial charge is 0.325 e. The Kier molecular flexibility index (Phi) is 8.99. The zero-order valence-electron chi connectivity index (χ0n) is 13.0. The topological polar surface area (TPSA) is 55.1 Å². The molecule has 3 heteroatoms. The molecule has 1 aromatic carbocycles. The summed E-state index contributed by atoms with van der Waals surface area (Å²) in [5.74, 6) is 5.86. The van der Waals surface area contributed by atoms with E-state index in [1.807, 2.05) is 24.3 Å². The number of hydrogen-bond donors (Lipinski definition) is 2. The molecule has 3 nitrogen and oxygen atoms in total. The van der Waals surface area contributed by atoms with E-state index in [4.69, 9.17) is 5.73 Å². The summed E-state index contributed by atoms with van der Waals surface area (Å²) in [7, 11) is 0. The van der Waals surface area contributed by atoms with Crippen LogP contribution in [0.3, 0.4) is 0 Å². The average Bonchev–Trinajstić information content (AvgIpc) is 2.50. The fourth-order valence-electron chi connectivity index (χ4n) is 2.13. The fraction of sp³-hybridized carbons (Fsp3) is 0.500. The van der Waals surface area contributed by atoms with Crippen LogP contribution in [0.5, 0.6) is 0 Å². The Balaban J connectivity index is 2.37. The molecule has 1 aromatic rings. The molecular formula is C18H26N2O. The van der Waals surface area contributed by atoms with Gasteiger partial charge in [0.2, 0.25) is 5.91 Å². The van der Waals surface area contributed by atoms with Gasteiger partial charge in [-0.15, -0.1) is 0 Å². The second-order valence-electron chi connectivity index (χ2n) is 5.12. The van der Waals surface area contributed by atoms with E-state index < -0.39 is 0 Å². The van der Waals surface area contributed by atoms with E-state index in [0.717, 1.165) is 24.1 Å². The van der Waals surface area contributed by atoms with Crippen molar-refractivity contribution in [3.8, 4) is 11.8 Å². The minimum absolute atomic E-state index is 0.0625. The van der Waals surface area contributed by atoms with Gasteiger partial charge in [-0.2, -0.15) is 0 Å². The third-order valence-corrected chi connectivity index (χ3v) is 3.28. The van der Waals surface area contributed by atoms with Crippen molar-refractivity contribution in [3.63, 3.8) is 0 Å². The van der Waals surface area contributed by atoms with Crippen LogP contribution in [0.4, 0.5) is 5.69 Å². The van der Waals surface area contributed by atoms with Crippen LogP contribution >= 0.6 is 0 Å². The minimum Gasteiger partial charge on any atom is -0.325 e. The summed E-state index contributed by atoms with van der Waals surface area (Å²) in [6.07, 6.45) is 7.69. The van der Waals surface area contributed by atoms with E-state index >= 15 is 0 Å². The molecule has 0 bridgehead atoms. The molecule has 0 aliphatic carbocycles. The van der Waals surface area contributed by atoms with Gasteiger partial charge in [0.25, 0.3) is 0 Å². The number of hydrogen-bond acceptors (Lipinski definition) is 2. The lowest BCUT2D eigenvalue weighted by molar-refractivity contribution is -0.116. The SMILES string of the molecule is CCCCCCCCC(=O)Nc1ccccc1C#CCN. The molecule has 0 saturated heterocycles. The summed E-state index contributed by atoms with van der Waals surface area (Å²) in [5.41, 5.74) is 6.97. The molecule has 0 fully saturated rings. The second-order valence-corrected chi connectivity index (χ2v) is 5.12. The Morgan fingerprint density at radius 1 is 1.14 bits per heavy atom. The molecule has 0 aliphatic heterocycles. The molecule has 0 aliphatic rings. The lowest BCUT2D eigenvalue weighted by Gasteiger charge is -2.07. The van der Waals surface area contributed by atoms with Crippen LogP contribution in [0.2, 0.25) is 0 Å². The number of rotatable bonds is 8. The Hall–Kier alpha value is -1.79. The van der Waals surface area contributed by atoms with Gasteiger partial charge in [0, 0.05) is 12.0 Å². The number of benzene rings is 1. The van der Waals surface area contributed by atoms with E-state index in [1.165, 1.54) is 25.7 Å². The van der Waals surface area contributed by atoms with Crippen molar-refractivity contribution in [2.45, 2.75) is 51.9 Å². The summed E-state index contributed by atoms with van der Waals surface area (Å²) in [6.45, 7) is 2.53. The highest BCUT2D eigenvalue weighted by molar-refractivity contribution is 5.92. The van der Waals surface area contributed by atoms with Gasteiger partial charge in [-0.05, 0) is 18.6 Å². The van der Waals surface area contributed by atoms with Crippen LogP contribution in [0.15, 0.2) is 24.3 Å². The Morgan fingerprint density at radius 3 is 2.62 bits per heavy atom. The van der Waals surface area contributed by atoms with Gasteiger partial charge < -0.3 is 11.1 Å². The van der Waals surface area contributed by atoms with Gasteiger partial charge in [0.05, 0.1) is 12.2 Å². The third kappa shape index (κ3) is 7.53. The lowest BCUT2D eigenvalue weighted by Crippen LogP contribution is -2.12. The highest BCUT2D eigenvalue weighted by atomic mass is 16.1. The molecule has 1 amide bonds. The maximum absolute atomic E-state index is 11.9. The molecule has 0 saturated carbocycles. The normalized spacial score (nSPS) is 9.81. The zero-order valence-corrected chi connectivity index (χ0v) is 13.0. The Morgan fingerprint density at radius 2 is 1.86 bits per heavy atom. The highest BCUT2D eigenvalue weighted by Gasteiger charge is 2.05. The Bertz CT molecular complexity index is 485. The van der Waals surface area contributed by atoms with E-state index in [-0.39, 0.29) is 5.91 Å². The van der Waals surface area contributed by atoms with E-state index in [0.29, 0.717) is 13.0 Å². The van der Waals surface area contributed by atoms with Crippen LogP contribution in [0.25, 0.3) is 0 Å². The smallest absolute Gasteiger partial charge is 0.224 e. The van der Waals surface area contributed by atoms with Crippen LogP contribution in [-0.2, 0) is 4.79 Å². The first-order chi connectivity index (χ1) is 10.3. The number of unbranched alkanes of at least 4 members (excludes halogenated alkanes) is 5. The summed E-state index contributed by atoms with van der Waals surface area (Å²) in [4.78, 5) is 11.9. The van der Waals surface area contributed by atoms with Gasteiger partial charge in [-0.3, -0.25) is 4.79 Å². The number of para-hydroxylation sites is 1. The monoisotopic (exact) mass is 286 g/mol. The van der Waals surface area contributed by atoms with Crippen LogP contribution in [0, 0.1) is 11.8 Å². The molecule has 114 valence electrons. The van der Waals surface area contributed by atoms with E-state index in [9.17, 15) is 4.79 Å². The summed E-state index contributed by atoms with van der Waals surface area (Å²) < 4.78 is 0. The van der Waals surface area contributed by atoms with Crippen molar-refractivity contribution in [2.75, 3.05) is 11.9 Å². The van der Waals surface area contributed by atoms with Gasteiger partial charge in [-0.25, -0.2) is 0 Å². The van der Waals surface area contributed by atoms with Crippen molar-refractivity contribution in [1.29, 1.82) is 0 Å². The Labute approximate surface area is 128 Å². The van der Waals surface area contributed by atoms with E-state index in [2.05, 4.69) is 24.1 Å². The predicted molar refractivity (Wildman–Crippen MR) is 89.0 cm³/mol. The predicted octanol–water partition coefficient (Wildman–Crippen LogP) is 3.69. The van der Waals surface area contributed by atoms with Crippen molar-refractivity contribution < 1.29 is 4.79 Å². The number of amides is 1. The van der Waals surface area contributed by atoms with Gasteiger partial charge in [0.1, 0.15) is 0 Å².